The van der Waals surface area contributed by atoms with Crippen molar-refractivity contribution in [1.29, 1.82) is 0 Å². The summed E-state index contributed by atoms with van der Waals surface area (Å²) < 4.78 is 2.35. The van der Waals surface area contributed by atoms with E-state index in [-0.39, 0.29) is 11.2 Å². The molecule has 5 nitrogen and oxygen atoms in total. The first-order valence-corrected chi connectivity index (χ1v) is 11.1. The molecule has 142 valence electrons. The highest BCUT2D eigenvalue weighted by molar-refractivity contribution is 8.00. The zero-order valence-electron chi connectivity index (χ0n) is 15.6. The molecule has 0 spiro atoms. The molecule has 2 aliphatic carbocycles. The van der Waals surface area contributed by atoms with Gasteiger partial charge in [-0.1, -0.05) is 42.1 Å². The van der Waals surface area contributed by atoms with Gasteiger partial charge < -0.3 is 9.47 Å². The Morgan fingerprint density at radius 1 is 1.00 bits per heavy atom. The van der Waals surface area contributed by atoms with Gasteiger partial charge in [-0.25, -0.2) is 0 Å². The Morgan fingerprint density at radius 3 is 2.41 bits per heavy atom. The Morgan fingerprint density at radius 2 is 1.74 bits per heavy atom. The van der Waals surface area contributed by atoms with E-state index in [1.165, 1.54) is 32.1 Å². The zero-order valence-corrected chi connectivity index (χ0v) is 16.4. The predicted molar refractivity (Wildman–Crippen MR) is 106 cm³/mol. The number of thioether (sulfide) groups is 1. The molecule has 1 atom stereocenters. The van der Waals surface area contributed by atoms with Crippen molar-refractivity contribution < 1.29 is 4.79 Å². The van der Waals surface area contributed by atoms with Crippen molar-refractivity contribution >= 4 is 17.7 Å². The van der Waals surface area contributed by atoms with Crippen LogP contribution in [0.25, 0.3) is 0 Å². The highest BCUT2D eigenvalue weighted by Crippen LogP contribution is 2.48. The van der Waals surface area contributed by atoms with Gasteiger partial charge in [-0.15, -0.1) is 10.2 Å². The first kappa shape index (κ1) is 17.3. The largest absolute Gasteiger partial charge is 0.341 e. The van der Waals surface area contributed by atoms with Gasteiger partial charge in [0.2, 0.25) is 5.91 Å². The summed E-state index contributed by atoms with van der Waals surface area (Å²) in [6.07, 6.45) is 8.33. The second-order valence-corrected chi connectivity index (χ2v) is 9.08. The maximum atomic E-state index is 13.4. The van der Waals surface area contributed by atoms with Crippen molar-refractivity contribution in [2.75, 3.05) is 13.1 Å². The smallest absolute Gasteiger partial charge is 0.240 e. The number of nitrogens with zero attached hydrogens (tertiary/aromatic N) is 4. The van der Waals surface area contributed by atoms with Crippen LogP contribution in [0.2, 0.25) is 0 Å². The molecule has 0 bridgehead atoms. The summed E-state index contributed by atoms with van der Waals surface area (Å²) in [6, 6.07) is 10.7. The van der Waals surface area contributed by atoms with Crippen LogP contribution in [0, 0.1) is 0 Å². The van der Waals surface area contributed by atoms with E-state index in [1.807, 2.05) is 23.1 Å². The Kier molecular flexibility index (Phi) is 4.68. The average molecular weight is 383 g/mol. The van der Waals surface area contributed by atoms with E-state index >= 15 is 0 Å². The number of piperidine rings is 1. The number of aromatic nitrogens is 3. The van der Waals surface area contributed by atoms with Gasteiger partial charge in [0.1, 0.15) is 11.1 Å². The molecule has 2 aromatic rings. The molecule has 1 saturated heterocycles. The summed E-state index contributed by atoms with van der Waals surface area (Å²) in [6.45, 7) is 1.76. The van der Waals surface area contributed by atoms with Gasteiger partial charge >= 0.3 is 0 Å². The van der Waals surface area contributed by atoms with Gasteiger partial charge in [0.25, 0.3) is 0 Å². The van der Waals surface area contributed by atoms with Crippen molar-refractivity contribution in [2.45, 2.75) is 67.3 Å². The first-order valence-electron chi connectivity index (χ1n) is 10.3. The van der Waals surface area contributed by atoms with E-state index < -0.39 is 0 Å². The lowest BCUT2D eigenvalue weighted by molar-refractivity contribution is -0.131. The molecule has 27 heavy (non-hydrogen) atoms. The maximum Gasteiger partial charge on any atom is 0.240 e. The van der Waals surface area contributed by atoms with Crippen LogP contribution in [0.1, 0.15) is 73.5 Å². The summed E-state index contributed by atoms with van der Waals surface area (Å²) >= 11 is 1.60. The van der Waals surface area contributed by atoms with Gasteiger partial charge in [-0.2, -0.15) is 0 Å². The highest BCUT2D eigenvalue weighted by atomic mass is 32.2. The van der Waals surface area contributed by atoms with Crippen molar-refractivity contribution in [3.63, 3.8) is 0 Å². The third-order valence-corrected chi connectivity index (χ3v) is 6.96. The van der Waals surface area contributed by atoms with Crippen LogP contribution in [0.5, 0.6) is 0 Å². The van der Waals surface area contributed by atoms with Gasteiger partial charge in [-0.3, -0.25) is 4.79 Å². The molecule has 2 heterocycles. The van der Waals surface area contributed by atoms with Crippen LogP contribution in [0.15, 0.2) is 35.5 Å². The van der Waals surface area contributed by atoms with Gasteiger partial charge in [0, 0.05) is 25.0 Å². The van der Waals surface area contributed by atoms with Gasteiger partial charge in [0.05, 0.1) is 0 Å². The Balaban J connectivity index is 1.45. The Hall–Kier alpha value is -1.82. The molecule has 3 aliphatic rings. The van der Waals surface area contributed by atoms with Gasteiger partial charge in [0.15, 0.2) is 5.16 Å². The van der Waals surface area contributed by atoms with E-state index in [2.05, 4.69) is 26.9 Å². The zero-order chi connectivity index (χ0) is 18.2. The number of amides is 1. The first-order chi connectivity index (χ1) is 13.3. The molecule has 6 heteroatoms. The Bertz CT molecular complexity index is 807. The third-order valence-electron chi connectivity index (χ3n) is 5.76. The lowest BCUT2D eigenvalue weighted by Crippen LogP contribution is -2.38. The summed E-state index contributed by atoms with van der Waals surface area (Å²) in [5.41, 5.74) is 1.07. The SMILES string of the molecule is O=C([C@H](Sc1nnc(C2CC2)n1C1CC1)c1ccccc1)N1CCCCC1. The fourth-order valence-electron chi connectivity index (χ4n) is 3.94. The van der Waals surface area contributed by atoms with Crippen LogP contribution in [-0.4, -0.2) is 38.7 Å². The predicted octanol–water partition coefficient (Wildman–Crippen LogP) is 4.34. The summed E-state index contributed by atoms with van der Waals surface area (Å²) in [5, 5.41) is 9.75. The molecule has 1 aromatic heterocycles. The van der Waals surface area contributed by atoms with E-state index in [0.29, 0.717) is 12.0 Å². The number of carbonyl (C=O) groups is 1. The molecular formula is C21H26N4OS. The number of hydrogen-bond acceptors (Lipinski definition) is 4. The van der Waals surface area contributed by atoms with Crippen molar-refractivity contribution in [1.82, 2.24) is 19.7 Å². The molecule has 1 amide bonds. The topological polar surface area (TPSA) is 51.0 Å². The van der Waals surface area contributed by atoms with Crippen molar-refractivity contribution in [2.24, 2.45) is 0 Å². The minimum absolute atomic E-state index is 0.226. The van der Waals surface area contributed by atoms with Crippen LogP contribution >= 0.6 is 11.8 Å². The monoisotopic (exact) mass is 382 g/mol. The minimum atomic E-state index is -0.238. The summed E-state index contributed by atoms with van der Waals surface area (Å²) in [7, 11) is 0. The molecule has 1 aliphatic heterocycles. The fourth-order valence-corrected chi connectivity index (χ4v) is 5.14. The normalized spacial score (nSPS) is 21.3. The quantitative estimate of drug-likeness (QED) is 0.698. The minimum Gasteiger partial charge on any atom is -0.341 e. The van der Waals surface area contributed by atoms with E-state index in [9.17, 15) is 4.79 Å². The maximum absolute atomic E-state index is 13.4. The highest BCUT2D eigenvalue weighted by Gasteiger charge is 2.38. The molecular weight excluding hydrogens is 356 g/mol. The Labute approximate surface area is 164 Å². The summed E-state index contributed by atoms with van der Waals surface area (Å²) in [4.78, 5) is 15.4. The van der Waals surface area contributed by atoms with Gasteiger partial charge in [-0.05, 0) is 50.5 Å². The number of carbonyl (C=O) groups excluding carboxylic acids is 1. The molecule has 5 rings (SSSR count). The standard InChI is InChI=1S/C21H26N4OS/c26-20(24-13-5-2-6-14-24)18(15-7-3-1-4-8-15)27-21-23-22-19(16-9-10-16)25(21)17-11-12-17/h1,3-4,7-8,16-18H,2,5-6,9-14H2/t18-/m1/s1. The second-order valence-electron chi connectivity index (χ2n) is 8.01. The third kappa shape index (κ3) is 3.64. The van der Waals surface area contributed by atoms with Crippen LogP contribution in [-0.2, 0) is 4.79 Å². The molecule has 2 saturated carbocycles. The number of likely N-dealkylation sites (tertiary alicyclic amines) is 1. The lowest BCUT2D eigenvalue weighted by atomic mass is 10.1. The van der Waals surface area contributed by atoms with Crippen molar-refractivity contribution in [3.05, 3.63) is 41.7 Å². The van der Waals surface area contributed by atoms with E-state index in [1.54, 1.807) is 11.8 Å². The van der Waals surface area contributed by atoms with Crippen LogP contribution in [0.3, 0.4) is 0 Å². The van der Waals surface area contributed by atoms with E-state index in [4.69, 9.17) is 0 Å². The fraction of sp³-hybridized carbons (Fsp3) is 0.571. The molecule has 1 aromatic carbocycles. The summed E-state index contributed by atoms with van der Waals surface area (Å²) in [5.74, 6) is 1.96. The second kappa shape index (κ2) is 7.30. The number of rotatable bonds is 6. The van der Waals surface area contributed by atoms with Crippen molar-refractivity contribution in [3.8, 4) is 0 Å². The molecule has 0 N–H and O–H groups in total. The average Bonchev–Trinajstić information content (AvgIpc) is 3.66. The molecule has 0 radical (unpaired) electrons. The number of benzene rings is 1. The molecule has 3 fully saturated rings. The molecule has 0 unspecified atom stereocenters. The van der Waals surface area contributed by atoms with Crippen LogP contribution in [0.4, 0.5) is 0 Å². The van der Waals surface area contributed by atoms with E-state index in [0.717, 1.165) is 42.5 Å². The van der Waals surface area contributed by atoms with Crippen LogP contribution < -0.4 is 0 Å². The lowest BCUT2D eigenvalue weighted by Gasteiger charge is -2.30. The number of hydrogen-bond donors (Lipinski definition) is 0.